The highest BCUT2D eigenvalue weighted by Crippen LogP contribution is 2.19. The van der Waals surface area contributed by atoms with Crippen LogP contribution in [-0.2, 0) is 16.1 Å². The maximum Gasteiger partial charge on any atom is 0.221 e. The highest BCUT2D eigenvalue weighted by Gasteiger charge is 2.21. The number of carbonyl (C=O) groups is 1. The van der Waals surface area contributed by atoms with Gasteiger partial charge in [0.2, 0.25) is 5.91 Å². The van der Waals surface area contributed by atoms with E-state index in [1.165, 1.54) is 19.1 Å². The van der Waals surface area contributed by atoms with Gasteiger partial charge in [-0.2, -0.15) is 0 Å². The number of β-amino-alcohol motifs (C(OH)–C–C–N with tert-alkyl or cyclic N) is 1. The molecule has 0 spiro atoms. The minimum atomic E-state index is -0.856. The van der Waals surface area contributed by atoms with Gasteiger partial charge in [0.25, 0.3) is 0 Å². The number of nitrogens with one attached hydrogen (secondary N) is 2. The summed E-state index contributed by atoms with van der Waals surface area (Å²) in [6.45, 7) is 4.05. The van der Waals surface area contributed by atoms with Crippen molar-refractivity contribution in [3.05, 3.63) is 59.7 Å². The fourth-order valence-corrected chi connectivity index (χ4v) is 3.69. The van der Waals surface area contributed by atoms with Crippen LogP contribution in [0.4, 0.5) is 20.2 Å². The van der Waals surface area contributed by atoms with Crippen molar-refractivity contribution in [1.82, 2.24) is 4.90 Å². The molecule has 1 heterocycles. The molecule has 0 saturated carbocycles. The standard InChI is InChI=1S/C23H29F2N3O3/c1-16(29)26-23-5-3-2-4-17(23)14-31-15-20(30)13-28-10-8-18(9-11-28)27-19-6-7-21(24)22(25)12-19/h2-7,12,18,20,27,30H,8-11,13-15H2,1H3,(H,26,29). The molecule has 168 valence electrons. The zero-order valence-corrected chi connectivity index (χ0v) is 17.6. The van der Waals surface area contributed by atoms with Gasteiger partial charge >= 0.3 is 0 Å². The van der Waals surface area contributed by atoms with E-state index in [2.05, 4.69) is 15.5 Å². The number of nitrogens with zero attached hydrogens (tertiary/aromatic N) is 1. The number of hydrogen-bond acceptors (Lipinski definition) is 5. The number of amides is 1. The van der Waals surface area contributed by atoms with Gasteiger partial charge in [0, 0.05) is 55.6 Å². The summed E-state index contributed by atoms with van der Waals surface area (Å²) in [7, 11) is 0. The number of benzene rings is 2. The molecule has 0 aliphatic carbocycles. The summed E-state index contributed by atoms with van der Waals surface area (Å²) in [5, 5.41) is 16.3. The minimum absolute atomic E-state index is 0.144. The largest absolute Gasteiger partial charge is 0.389 e. The monoisotopic (exact) mass is 433 g/mol. The Morgan fingerprint density at radius 3 is 2.65 bits per heavy atom. The number of likely N-dealkylation sites (tertiary alicyclic amines) is 1. The summed E-state index contributed by atoms with van der Waals surface area (Å²) >= 11 is 0. The third-order valence-corrected chi connectivity index (χ3v) is 5.24. The normalized spacial score (nSPS) is 16.1. The molecular weight excluding hydrogens is 404 g/mol. The highest BCUT2D eigenvalue weighted by atomic mass is 19.2. The Bertz CT molecular complexity index is 873. The van der Waals surface area contributed by atoms with Crippen molar-refractivity contribution in [1.29, 1.82) is 0 Å². The van der Waals surface area contributed by atoms with E-state index in [-0.39, 0.29) is 18.6 Å². The van der Waals surface area contributed by atoms with Crippen molar-refractivity contribution in [2.45, 2.75) is 38.5 Å². The quantitative estimate of drug-likeness (QED) is 0.566. The number of aliphatic hydroxyl groups excluding tert-OH is 1. The van der Waals surface area contributed by atoms with Crippen LogP contribution in [0, 0.1) is 11.6 Å². The van der Waals surface area contributed by atoms with E-state index in [0.717, 1.165) is 37.6 Å². The van der Waals surface area contributed by atoms with Gasteiger partial charge in [-0.15, -0.1) is 0 Å². The van der Waals surface area contributed by atoms with Crippen LogP contribution in [-0.4, -0.2) is 54.3 Å². The number of anilines is 2. The first kappa shape index (κ1) is 23.1. The average molecular weight is 433 g/mol. The first-order valence-corrected chi connectivity index (χ1v) is 10.5. The lowest BCUT2D eigenvalue weighted by Crippen LogP contribution is -2.43. The van der Waals surface area contributed by atoms with Gasteiger partial charge in [0.1, 0.15) is 0 Å². The van der Waals surface area contributed by atoms with E-state index in [4.69, 9.17) is 4.74 Å². The number of hydrogen-bond donors (Lipinski definition) is 3. The minimum Gasteiger partial charge on any atom is -0.389 e. The molecule has 1 unspecified atom stereocenters. The van der Waals surface area contributed by atoms with Gasteiger partial charge in [-0.25, -0.2) is 8.78 Å². The van der Waals surface area contributed by atoms with Crippen LogP contribution in [0.25, 0.3) is 0 Å². The first-order valence-electron chi connectivity index (χ1n) is 10.5. The Kier molecular flexibility index (Phi) is 8.34. The summed E-state index contributed by atoms with van der Waals surface area (Å²) in [6.07, 6.45) is 1.07. The molecule has 6 nitrogen and oxygen atoms in total. The van der Waals surface area contributed by atoms with Gasteiger partial charge < -0.3 is 25.4 Å². The van der Waals surface area contributed by atoms with Crippen molar-refractivity contribution in [3.8, 4) is 0 Å². The summed E-state index contributed by atoms with van der Waals surface area (Å²) in [5.74, 6) is -1.85. The molecule has 1 fully saturated rings. The number of halogens is 2. The molecule has 2 aromatic carbocycles. The predicted molar refractivity (Wildman–Crippen MR) is 116 cm³/mol. The van der Waals surface area contributed by atoms with Gasteiger partial charge in [-0.05, 0) is 31.0 Å². The molecule has 1 saturated heterocycles. The van der Waals surface area contributed by atoms with Gasteiger partial charge in [0.15, 0.2) is 11.6 Å². The van der Waals surface area contributed by atoms with E-state index in [1.807, 2.05) is 24.3 Å². The second-order valence-corrected chi connectivity index (χ2v) is 7.86. The van der Waals surface area contributed by atoms with E-state index >= 15 is 0 Å². The molecule has 1 aliphatic heterocycles. The summed E-state index contributed by atoms with van der Waals surface area (Å²) < 4.78 is 32.1. The third-order valence-electron chi connectivity index (χ3n) is 5.24. The highest BCUT2D eigenvalue weighted by molar-refractivity contribution is 5.89. The van der Waals surface area contributed by atoms with Crippen LogP contribution in [0.15, 0.2) is 42.5 Å². The Balaban J connectivity index is 1.37. The molecule has 2 aromatic rings. The lowest BCUT2D eigenvalue weighted by molar-refractivity contribution is -0.114. The van der Waals surface area contributed by atoms with Crippen molar-refractivity contribution in [2.75, 3.05) is 36.9 Å². The smallest absolute Gasteiger partial charge is 0.221 e. The molecule has 31 heavy (non-hydrogen) atoms. The molecule has 1 atom stereocenters. The molecule has 3 N–H and O–H groups in total. The number of para-hydroxylation sites is 1. The molecule has 3 rings (SSSR count). The second kappa shape index (κ2) is 11.2. The Morgan fingerprint density at radius 1 is 1.19 bits per heavy atom. The van der Waals surface area contributed by atoms with Crippen LogP contribution < -0.4 is 10.6 Å². The Hall–Kier alpha value is -2.55. The third kappa shape index (κ3) is 7.27. The fraction of sp³-hybridized carbons (Fsp3) is 0.435. The Labute approximate surface area is 181 Å². The first-order chi connectivity index (χ1) is 14.9. The summed E-state index contributed by atoms with van der Waals surface area (Å²) in [4.78, 5) is 13.5. The number of carbonyl (C=O) groups excluding carboxylic acids is 1. The van der Waals surface area contributed by atoms with E-state index in [9.17, 15) is 18.7 Å². The molecule has 1 aliphatic rings. The SMILES string of the molecule is CC(=O)Nc1ccccc1COCC(O)CN1CCC(Nc2ccc(F)c(F)c2)CC1. The van der Waals surface area contributed by atoms with Crippen LogP contribution in [0.1, 0.15) is 25.3 Å². The van der Waals surface area contributed by atoms with Gasteiger partial charge in [0.05, 0.1) is 19.3 Å². The predicted octanol–water partition coefficient (Wildman–Crippen LogP) is 3.38. The number of aliphatic hydroxyl groups is 1. The zero-order valence-electron chi connectivity index (χ0n) is 17.6. The van der Waals surface area contributed by atoms with Crippen LogP contribution in [0.2, 0.25) is 0 Å². The van der Waals surface area contributed by atoms with Crippen LogP contribution in [0.5, 0.6) is 0 Å². The summed E-state index contributed by atoms with van der Waals surface area (Å²) in [5.41, 5.74) is 2.14. The number of piperidine rings is 1. The van der Waals surface area contributed by atoms with Crippen LogP contribution >= 0.6 is 0 Å². The van der Waals surface area contributed by atoms with E-state index in [0.29, 0.717) is 24.5 Å². The molecule has 0 bridgehead atoms. The molecule has 0 aromatic heterocycles. The van der Waals surface area contributed by atoms with Crippen molar-refractivity contribution < 1.29 is 23.4 Å². The van der Waals surface area contributed by atoms with Crippen molar-refractivity contribution in [2.24, 2.45) is 0 Å². The molecule has 1 amide bonds. The van der Waals surface area contributed by atoms with E-state index in [1.54, 1.807) is 0 Å². The van der Waals surface area contributed by atoms with Crippen LogP contribution in [0.3, 0.4) is 0 Å². The molecule has 0 radical (unpaired) electrons. The van der Waals surface area contributed by atoms with Crippen molar-refractivity contribution >= 4 is 17.3 Å². The maximum atomic E-state index is 13.3. The Morgan fingerprint density at radius 2 is 1.94 bits per heavy atom. The van der Waals surface area contributed by atoms with Gasteiger partial charge in [-0.3, -0.25) is 4.79 Å². The fourth-order valence-electron chi connectivity index (χ4n) is 3.69. The second-order valence-electron chi connectivity index (χ2n) is 7.86. The van der Waals surface area contributed by atoms with Crippen molar-refractivity contribution in [3.63, 3.8) is 0 Å². The zero-order chi connectivity index (χ0) is 22.2. The summed E-state index contributed by atoms with van der Waals surface area (Å²) in [6, 6.07) is 11.4. The lowest BCUT2D eigenvalue weighted by atomic mass is 10.0. The maximum absolute atomic E-state index is 13.3. The molecular formula is C23H29F2N3O3. The number of ether oxygens (including phenoxy) is 1. The number of rotatable bonds is 9. The lowest BCUT2D eigenvalue weighted by Gasteiger charge is -2.34. The van der Waals surface area contributed by atoms with Gasteiger partial charge in [-0.1, -0.05) is 18.2 Å². The topological polar surface area (TPSA) is 73.8 Å². The molecule has 8 heteroatoms. The van der Waals surface area contributed by atoms with E-state index < -0.39 is 17.7 Å². The average Bonchev–Trinajstić information content (AvgIpc) is 2.73.